The Kier molecular flexibility index (Phi) is 17.3. The van der Waals surface area contributed by atoms with Crippen molar-refractivity contribution in [2.75, 3.05) is 41.5 Å². The van der Waals surface area contributed by atoms with E-state index in [1.54, 1.807) is 46.5 Å². The number of nitrogens with two attached hydrogens (primary N) is 2. The predicted octanol–water partition coefficient (Wildman–Crippen LogP) is 7.40. The third-order valence-electron chi connectivity index (χ3n) is 13.8. The van der Waals surface area contributed by atoms with Crippen LogP contribution in [0.5, 0.6) is 11.5 Å². The molecule has 0 radical (unpaired) electrons. The number of likely N-dealkylation sites (N-methyl/N-ethyl adjacent to an activating group) is 2. The normalized spacial score (nSPS) is 20.0. The molecule has 0 aromatic heterocycles. The maximum Gasteiger partial charge on any atom is 0.488 e. The van der Waals surface area contributed by atoms with Crippen LogP contribution < -0.4 is 26.4 Å². The van der Waals surface area contributed by atoms with Gasteiger partial charge < -0.3 is 40.5 Å². The van der Waals surface area contributed by atoms with E-state index in [0.29, 0.717) is 85.4 Å². The number of ketones is 2. The fraction of sp³-hybridized carbons (Fsp3) is 0.276. The summed E-state index contributed by atoms with van der Waals surface area (Å²) in [6, 6.07) is 45.1. The molecule has 2 spiro atoms. The topological polar surface area (TPSA) is 229 Å². The van der Waals surface area contributed by atoms with E-state index in [1.165, 1.54) is 15.9 Å². The number of fused-ring (bicyclic) bond motifs is 4. The minimum absolute atomic E-state index is 0.0143. The number of halogens is 1. The van der Waals surface area contributed by atoms with Crippen molar-refractivity contribution >= 4 is 63.8 Å². The van der Waals surface area contributed by atoms with Crippen molar-refractivity contribution in [2.24, 2.45) is 21.5 Å². The van der Waals surface area contributed by atoms with Gasteiger partial charge in [-0.05, 0) is 77.0 Å². The fourth-order valence-electron chi connectivity index (χ4n) is 9.72. The maximum atomic E-state index is 13.6. The number of Topliss-reactive ketones (excluding diaryl/α,β-unsaturated/α-hetero) is 2. The first kappa shape index (κ1) is 54.8. The number of guanidine groups is 2. The van der Waals surface area contributed by atoms with Crippen LogP contribution in [0.3, 0.4) is 0 Å². The summed E-state index contributed by atoms with van der Waals surface area (Å²) in [5.74, 6) is 1.45. The molecule has 0 bridgehead atoms. The monoisotopic (exact) mass is 1090 g/mol. The SMILES string of the molecule is CN1C(=O)C2(CC(c3ccccc3)Oc3ccc(Br)cc32)N=C1N.COCCCC(=O)c1cccc(-c2ccc3c(c2)C2(CC(c4ccccc4)O3)N=C(N)N(C)C2=O)c1.COCCCC(=O)c1cccc(B(O)O)c1. The molecular formula is C58H60BBrN6O10. The second kappa shape index (κ2) is 24.0. The van der Waals surface area contributed by atoms with Gasteiger partial charge in [0.1, 0.15) is 23.7 Å². The number of nitrogens with zero attached hydrogens (tertiary/aromatic N) is 4. The van der Waals surface area contributed by atoms with E-state index in [2.05, 4.69) is 20.9 Å². The van der Waals surface area contributed by atoms with Gasteiger partial charge in [-0.1, -0.05) is 125 Å². The van der Waals surface area contributed by atoms with Crippen molar-refractivity contribution in [2.45, 2.75) is 61.8 Å². The molecule has 2 amide bonds. The lowest BCUT2D eigenvalue weighted by Crippen LogP contribution is -2.43. The van der Waals surface area contributed by atoms with Gasteiger partial charge >= 0.3 is 7.12 Å². The number of amides is 2. The summed E-state index contributed by atoms with van der Waals surface area (Å²) in [6.45, 7) is 1.10. The van der Waals surface area contributed by atoms with Crippen molar-refractivity contribution < 1.29 is 48.2 Å². The molecule has 18 heteroatoms. The molecule has 0 saturated carbocycles. The van der Waals surface area contributed by atoms with Gasteiger partial charge in [0.15, 0.2) is 34.6 Å². The summed E-state index contributed by atoms with van der Waals surface area (Å²) in [5.41, 5.74) is 16.5. The zero-order valence-corrected chi connectivity index (χ0v) is 44.3. The van der Waals surface area contributed by atoms with Gasteiger partial charge in [-0.25, -0.2) is 9.98 Å². The molecule has 4 unspecified atom stereocenters. The van der Waals surface area contributed by atoms with Crippen LogP contribution in [0.1, 0.15) is 93.7 Å². The van der Waals surface area contributed by atoms with E-state index in [-0.39, 0.29) is 47.5 Å². The third-order valence-corrected chi connectivity index (χ3v) is 14.3. The predicted molar refractivity (Wildman–Crippen MR) is 294 cm³/mol. The second-order valence-electron chi connectivity index (χ2n) is 18.8. The molecule has 10 rings (SSSR count). The Morgan fingerprint density at radius 2 is 1.09 bits per heavy atom. The van der Waals surface area contributed by atoms with Crippen LogP contribution in [-0.2, 0) is 30.1 Å². The molecule has 4 heterocycles. The Morgan fingerprint density at radius 1 is 0.632 bits per heavy atom. The van der Waals surface area contributed by atoms with Crippen LogP contribution in [0.15, 0.2) is 160 Å². The molecule has 0 fully saturated rings. The molecule has 0 aliphatic carbocycles. The number of hydrogen-bond acceptors (Lipinski definition) is 14. The number of carbonyl (C=O) groups is 4. The number of methoxy groups -OCH3 is 2. The van der Waals surface area contributed by atoms with E-state index in [1.807, 2.05) is 121 Å². The van der Waals surface area contributed by atoms with Crippen LogP contribution >= 0.6 is 15.9 Å². The smallest absolute Gasteiger partial charge is 0.485 e. The molecule has 6 aromatic rings. The molecule has 76 heavy (non-hydrogen) atoms. The van der Waals surface area contributed by atoms with Crippen LogP contribution in [0.25, 0.3) is 11.1 Å². The van der Waals surface area contributed by atoms with Crippen LogP contribution in [0.4, 0.5) is 0 Å². The summed E-state index contributed by atoms with van der Waals surface area (Å²) in [6.07, 6.45) is 2.33. The van der Waals surface area contributed by atoms with Gasteiger partial charge in [0.2, 0.25) is 0 Å². The average Bonchev–Trinajstić information content (AvgIpc) is 3.96. The maximum absolute atomic E-state index is 13.6. The van der Waals surface area contributed by atoms with Crippen LogP contribution in [0.2, 0.25) is 0 Å². The molecule has 0 saturated heterocycles. The Balaban J connectivity index is 0.000000165. The molecule has 4 atom stereocenters. The Labute approximate surface area is 450 Å². The van der Waals surface area contributed by atoms with E-state index >= 15 is 0 Å². The first-order valence-electron chi connectivity index (χ1n) is 24.8. The molecule has 4 aliphatic rings. The molecule has 4 aliphatic heterocycles. The summed E-state index contributed by atoms with van der Waals surface area (Å²) in [5, 5.41) is 17.9. The number of aliphatic imine (C=N–C) groups is 2. The average molecular weight is 1090 g/mol. The number of benzene rings is 6. The third kappa shape index (κ3) is 11.7. The van der Waals surface area contributed by atoms with E-state index in [9.17, 15) is 19.2 Å². The standard InChI is InChI=1S/C29H29N3O4.C18H16BrN3O2.C11H15BO4/c1-32-27(34)29(31-28(32)30)18-26(19-8-4-3-5-9-19)36-25-14-13-21(17-23(25)29)20-10-6-11-22(16-20)24(33)12-7-15-35-2;1-22-16(23)18(21-17(22)20)10-15(11-5-3-2-4-6-11)24-14-8-7-12(19)9-13(14)18;1-16-7-3-6-11(13)9-4-2-5-10(8-9)12(14)15/h3-6,8-11,13-14,16-17,26H,7,12,15,18H2,1-2H3,(H2,30,31);2-9,15H,10H2,1H3,(H2,20,21);2,4-5,8,14-15H,3,6-7H2,1H3. The van der Waals surface area contributed by atoms with Crippen molar-refractivity contribution in [1.29, 1.82) is 0 Å². The van der Waals surface area contributed by atoms with Gasteiger partial charge in [-0.2, -0.15) is 0 Å². The van der Waals surface area contributed by atoms with Gasteiger partial charge in [0.25, 0.3) is 11.8 Å². The fourth-order valence-corrected chi connectivity index (χ4v) is 10.1. The molecule has 392 valence electrons. The zero-order chi connectivity index (χ0) is 54.1. The zero-order valence-electron chi connectivity index (χ0n) is 42.7. The number of rotatable bonds is 14. The van der Waals surface area contributed by atoms with Gasteiger partial charge in [-0.15, -0.1) is 0 Å². The highest BCUT2D eigenvalue weighted by atomic mass is 79.9. The largest absolute Gasteiger partial charge is 0.488 e. The van der Waals surface area contributed by atoms with Gasteiger partial charge in [-0.3, -0.25) is 29.0 Å². The van der Waals surface area contributed by atoms with Gasteiger partial charge in [0, 0.05) is 93.9 Å². The molecular weight excluding hydrogens is 1030 g/mol. The van der Waals surface area contributed by atoms with Crippen molar-refractivity contribution in [3.8, 4) is 22.6 Å². The van der Waals surface area contributed by atoms with Crippen LogP contribution in [-0.4, -0.2) is 104 Å². The molecule has 6 aromatic carbocycles. The lowest BCUT2D eigenvalue weighted by molar-refractivity contribution is -0.133. The minimum atomic E-state index is -1.54. The minimum Gasteiger partial charge on any atom is -0.485 e. The summed E-state index contributed by atoms with van der Waals surface area (Å²) >= 11 is 3.47. The first-order valence-corrected chi connectivity index (χ1v) is 25.6. The van der Waals surface area contributed by atoms with E-state index < -0.39 is 18.2 Å². The molecule has 16 nitrogen and oxygen atoms in total. The first-order chi connectivity index (χ1) is 36.6. The van der Waals surface area contributed by atoms with Crippen LogP contribution in [0, 0.1) is 0 Å². The lowest BCUT2D eigenvalue weighted by atomic mass is 9.79. The lowest BCUT2D eigenvalue weighted by Gasteiger charge is -2.37. The summed E-state index contributed by atoms with van der Waals surface area (Å²) in [4.78, 5) is 63.0. The number of ether oxygens (including phenoxy) is 4. The highest BCUT2D eigenvalue weighted by Crippen LogP contribution is 2.52. The number of carbonyl (C=O) groups excluding carboxylic acids is 4. The summed E-state index contributed by atoms with van der Waals surface area (Å²) < 4.78 is 23.4. The summed E-state index contributed by atoms with van der Waals surface area (Å²) in [7, 11) is 4.98. The van der Waals surface area contributed by atoms with Crippen molar-refractivity contribution in [3.63, 3.8) is 0 Å². The second-order valence-corrected chi connectivity index (χ2v) is 19.7. The Morgan fingerprint density at radius 3 is 1.57 bits per heavy atom. The Hall–Kier alpha value is -7.48. The quantitative estimate of drug-likeness (QED) is 0.0475. The highest BCUT2D eigenvalue weighted by molar-refractivity contribution is 9.10. The van der Waals surface area contributed by atoms with Crippen molar-refractivity contribution in [1.82, 2.24) is 9.80 Å². The molecule has 6 N–H and O–H groups in total. The van der Waals surface area contributed by atoms with E-state index in [4.69, 9.17) is 45.5 Å². The van der Waals surface area contributed by atoms with Crippen molar-refractivity contribution in [3.05, 3.63) is 183 Å². The Bertz CT molecular complexity index is 3160. The highest BCUT2D eigenvalue weighted by Gasteiger charge is 2.55. The van der Waals surface area contributed by atoms with E-state index in [0.717, 1.165) is 32.3 Å². The van der Waals surface area contributed by atoms with Gasteiger partial charge in [0.05, 0.1) is 0 Å². The number of hydrogen-bond donors (Lipinski definition) is 4.